The largest absolute Gasteiger partial charge is 0.356 e. The lowest BCUT2D eigenvalue weighted by Gasteiger charge is -2.24. The van der Waals surface area contributed by atoms with E-state index in [1.807, 2.05) is 0 Å². The van der Waals surface area contributed by atoms with Gasteiger partial charge in [-0.1, -0.05) is 43.7 Å². The second-order valence-electron chi connectivity index (χ2n) is 6.22. The van der Waals surface area contributed by atoms with Crippen LogP contribution in [0.25, 0.3) is 0 Å². The van der Waals surface area contributed by atoms with Crippen molar-refractivity contribution in [2.75, 3.05) is 0 Å². The van der Waals surface area contributed by atoms with Gasteiger partial charge in [0.1, 0.15) is 5.69 Å². The maximum atomic E-state index is 12.0. The van der Waals surface area contributed by atoms with Crippen LogP contribution in [0, 0.1) is 5.92 Å². The number of rotatable bonds is 4. The Morgan fingerprint density at radius 3 is 2.81 bits per heavy atom. The molecule has 1 saturated carbocycles. The average molecular weight is 311 g/mol. The minimum atomic E-state index is -0.125. The second-order valence-corrected chi connectivity index (χ2v) is 6.66. The maximum absolute atomic E-state index is 12.0. The number of hydrogen-bond donors (Lipinski definition) is 4. The minimum Gasteiger partial charge on any atom is -0.356 e. The van der Waals surface area contributed by atoms with Crippen LogP contribution < -0.4 is 16.2 Å². The molecule has 21 heavy (non-hydrogen) atoms. The topological polar surface area (TPSA) is 69.0 Å². The van der Waals surface area contributed by atoms with Gasteiger partial charge in [-0.3, -0.25) is 10.2 Å². The highest BCUT2D eigenvalue weighted by Crippen LogP contribution is 2.28. The molecule has 2 fully saturated rings. The SMILES string of the molecule is O=C(NC1CC(CC2CCCCC2)NN1)c1cc(Cl)c[nH]1. The molecule has 3 rings (SSSR count). The van der Waals surface area contributed by atoms with Crippen LogP contribution in [0.3, 0.4) is 0 Å². The number of carbonyl (C=O) groups excluding carboxylic acids is 1. The molecule has 0 radical (unpaired) electrons. The van der Waals surface area contributed by atoms with Crippen LogP contribution in [0.5, 0.6) is 0 Å². The number of halogens is 1. The van der Waals surface area contributed by atoms with Gasteiger partial charge < -0.3 is 10.3 Å². The van der Waals surface area contributed by atoms with E-state index < -0.39 is 0 Å². The standard InChI is InChI=1S/C15H23ClN4O/c16-11-7-13(17-9-11)15(21)18-14-8-12(19-20-14)6-10-4-2-1-3-5-10/h7,9-10,12,14,17,19-20H,1-6,8H2,(H,18,21). The van der Waals surface area contributed by atoms with Gasteiger partial charge in [-0.15, -0.1) is 0 Å². The molecule has 1 aliphatic heterocycles. The maximum Gasteiger partial charge on any atom is 0.269 e. The molecule has 116 valence electrons. The summed E-state index contributed by atoms with van der Waals surface area (Å²) in [5, 5.41) is 3.52. The third-order valence-corrected chi connectivity index (χ3v) is 4.74. The monoisotopic (exact) mass is 310 g/mol. The van der Waals surface area contributed by atoms with E-state index in [9.17, 15) is 4.79 Å². The van der Waals surface area contributed by atoms with E-state index in [1.54, 1.807) is 12.3 Å². The normalized spacial score (nSPS) is 26.9. The number of nitrogens with one attached hydrogen (secondary N) is 4. The lowest BCUT2D eigenvalue weighted by molar-refractivity contribution is 0.0928. The summed E-state index contributed by atoms with van der Waals surface area (Å²) >= 11 is 5.81. The Balaban J connectivity index is 1.44. The first kappa shape index (κ1) is 14.9. The quantitative estimate of drug-likeness (QED) is 0.691. The molecule has 0 aromatic carbocycles. The van der Waals surface area contributed by atoms with Crippen molar-refractivity contribution in [1.82, 2.24) is 21.2 Å². The zero-order valence-electron chi connectivity index (χ0n) is 12.1. The van der Waals surface area contributed by atoms with E-state index in [0.29, 0.717) is 16.8 Å². The van der Waals surface area contributed by atoms with Gasteiger partial charge in [-0.25, -0.2) is 5.43 Å². The summed E-state index contributed by atoms with van der Waals surface area (Å²) in [6, 6.07) is 2.09. The first-order chi connectivity index (χ1) is 10.2. The average Bonchev–Trinajstić information content (AvgIpc) is 3.09. The molecule has 0 bridgehead atoms. The van der Waals surface area contributed by atoms with Crippen LogP contribution in [-0.4, -0.2) is 23.1 Å². The predicted octanol–water partition coefficient (Wildman–Crippen LogP) is 2.56. The van der Waals surface area contributed by atoms with Gasteiger partial charge in [0.05, 0.1) is 11.2 Å². The van der Waals surface area contributed by atoms with Gasteiger partial charge in [-0.2, -0.15) is 0 Å². The van der Waals surface area contributed by atoms with Crippen LogP contribution >= 0.6 is 11.6 Å². The summed E-state index contributed by atoms with van der Waals surface area (Å²) in [5.74, 6) is 0.717. The molecule has 2 aliphatic rings. The minimum absolute atomic E-state index is 0.0202. The molecule has 0 spiro atoms. The van der Waals surface area contributed by atoms with E-state index in [1.165, 1.54) is 38.5 Å². The van der Waals surface area contributed by atoms with Gasteiger partial charge >= 0.3 is 0 Å². The number of carbonyl (C=O) groups is 1. The number of hydrogen-bond acceptors (Lipinski definition) is 3. The fourth-order valence-electron chi connectivity index (χ4n) is 3.43. The van der Waals surface area contributed by atoms with Crippen molar-refractivity contribution in [2.24, 2.45) is 5.92 Å². The van der Waals surface area contributed by atoms with Crippen molar-refractivity contribution in [2.45, 2.75) is 57.2 Å². The van der Waals surface area contributed by atoms with Gasteiger partial charge in [-0.05, 0) is 24.8 Å². The molecule has 1 aliphatic carbocycles. The second kappa shape index (κ2) is 6.81. The smallest absolute Gasteiger partial charge is 0.269 e. The van der Waals surface area contributed by atoms with E-state index in [0.717, 1.165) is 12.3 Å². The first-order valence-corrected chi connectivity index (χ1v) is 8.24. The van der Waals surface area contributed by atoms with E-state index >= 15 is 0 Å². The number of aromatic nitrogens is 1. The summed E-state index contributed by atoms with van der Waals surface area (Å²) in [4.78, 5) is 14.9. The molecule has 4 N–H and O–H groups in total. The zero-order chi connectivity index (χ0) is 14.7. The van der Waals surface area contributed by atoms with Crippen LogP contribution in [0.2, 0.25) is 5.02 Å². The van der Waals surface area contributed by atoms with E-state index in [-0.39, 0.29) is 12.1 Å². The fourth-order valence-corrected chi connectivity index (χ4v) is 3.59. The molecular weight excluding hydrogens is 288 g/mol. The molecule has 1 aromatic rings. The third kappa shape index (κ3) is 3.99. The number of H-pyrrole nitrogens is 1. The molecule has 2 unspecified atom stereocenters. The summed E-state index contributed by atoms with van der Waals surface area (Å²) in [5.41, 5.74) is 6.99. The van der Waals surface area contributed by atoms with Crippen molar-refractivity contribution >= 4 is 17.5 Å². The van der Waals surface area contributed by atoms with Crippen molar-refractivity contribution in [3.8, 4) is 0 Å². The van der Waals surface area contributed by atoms with Crippen LogP contribution in [0.15, 0.2) is 12.3 Å². The van der Waals surface area contributed by atoms with Gasteiger partial charge in [0.2, 0.25) is 0 Å². The summed E-state index contributed by atoms with van der Waals surface area (Å²) in [6.07, 6.45) is 10.6. The predicted molar refractivity (Wildman–Crippen MR) is 82.9 cm³/mol. The molecule has 6 heteroatoms. The lowest BCUT2D eigenvalue weighted by Crippen LogP contribution is -2.44. The van der Waals surface area contributed by atoms with Gasteiger partial charge in [0.25, 0.3) is 5.91 Å². The summed E-state index contributed by atoms with van der Waals surface area (Å²) in [7, 11) is 0. The molecule has 1 amide bonds. The van der Waals surface area contributed by atoms with Gasteiger partial charge in [0.15, 0.2) is 0 Å². The van der Waals surface area contributed by atoms with Crippen LogP contribution in [0.1, 0.15) is 55.4 Å². The molecule has 2 heterocycles. The Morgan fingerprint density at radius 2 is 2.10 bits per heavy atom. The first-order valence-electron chi connectivity index (χ1n) is 7.86. The zero-order valence-corrected chi connectivity index (χ0v) is 12.9. The number of amides is 1. The Labute approximate surface area is 130 Å². The Kier molecular flexibility index (Phi) is 4.83. The molecule has 1 saturated heterocycles. The summed E-state index contributed by atoms with van der Waals surface area (Å²) in [6.45, 7) is 0. The van der Waals surface area contributed by atoms with Gasteiger partial charge in [0, 0.05) is 12.2 Å². The van der Waals surface area contributed by atoms with Crippen molar-refractivity contribution in [1.29, 1.82) is 0 Å². The van der Waals surface area contributed by atoms with E-state index in [2.05, 4.69) is 21.2 Å². The summed E-state index contributed by atoms with van der Waals surface area (Å²) < 4.78 is 0. The highest BCUT2D eigenvalue weighted by atomic mass is 35.5. The Bertz CT molecular complexity index is 484. The molecule has 1 aromatic heterocycles. The van der Waals surface area contributed by atoms with Crippen LogP contribution in [0.4, 0.5) is 0 Å². The molecule has 2 atom stereocenters. The highest BCUT2D eigenvalue weighted by Gasteiger charge is 2.28. The fraction of sp³-hybridized carbons (Fsp3) is 0.667. The van der Waals surface area contributed by atoms with Crippen LogP contribution in [-0.2, 0) is 0 Å². The Morgan fingerprint density at radius 1 is 1.29 bits per heavy atom. The van der Waals surface area contributed by atoms with Crippen molar-refractivity contribution < 1.29 is 4.79 Å². The number of hydrazine groups is 1. The van der Waals surface area contributed by atoms with Crippen molar-refractivity contribution in [3.05, 3.63) is 23.0 Å². The third-order valence-electron chi connectivity index (χ3n) is 4.52. The molecule has 5 nitrogen and oxygen atoms in total. The number of aromatic amines is 1. The van der Waals surface area contributed by atoms with Crippen molar-refractivity contribution in [3.63, 3.8) is 0 Å². The molecular formula is C15H23ClN4O. The lowest BCUT2D eigenvalue weighted by atomic mass is 9.84. The van der Waals surface area contributed by atoms with E-state index in [4.69, 9.17) is 11.6 Å². The Hall–Kier alpha value is -1.04. The highest BCUT2D eigenvalue weighted by molar-refractivity contribution is 6.30.